The summed E-state index contributed by atoms with van der Waals surface area (Å²) in [5.41, 5.74) is -0.112. The van der Waals surface area contributed by atoms with Gasteiger partial charge in [-0.2, -0.15) is 0 Å². The molecule has 0 saturated carbocycles. The van der Waals surface area contributed by atoms with E-state index in [9.17, 15) is 19.8 Å². The number of carboxylic acid groups (broad SMARTS) is 1. The van der Waals surface area contributed by atoms with Gasteiger partial charge < -0.3 is 25.3 Å². The number of aromatic nitrogens is 3. The van der Waals surface area contributed by atoms with Crippen LogP contribution < -0.4 is 5.56 Å². The molecule has 22 heavy (non-hydrogen) atoms. The Bertz CT molecular complexity index is 946. The fourth-order valence-corrected chi connectivity index (χ4v) is 2.88. The largest absolute Gasteiger partial charge is 0.504 e. The molecule has 2 aromatic heterocycles. The normalized spacial score (nSPS) is 10.9. The molecule has 0 spiro atoms. The average molecular weight is 319 g/mol. The topological polar surface area (TPSA) is 139 Å². The van der Waals surface area contributed by atoms with E-state index < -0.39 is 17.5 Å². The molecule has 0 radical (unpaired) electrons. The number of nitrogens with one attached hydrogen (secondary N) is 2. The number of carboxylic acids is 1. The van der Waals surface area contributed by atoms with Gasteiger partial charge in [-0.1, -0.05) is 0 Å². The summed E-state index contributed by atoms with van der Waals surface area (Å²) in [6, 6.07) is 3.79. The van der Waals surface area contributed by atoms with Crippen LogP contribution in [0.15, 0.2) is 39.2 Å². The van der Waals surface area contributed by atoms with E-state index in [0.717, 1.165) is 11.8 Å². The molecule has 0 aliphatic rings. The molecule has 5 N–H and O–H groups in total. The van der Waals surface area contributed by atoms with Crippen LogP contribution in [0.1, 0.15) is 10.5 Å². The highest BCUT2D eigenvalue weighted by Crippen LogP contribution is 2.43. The lowest BCUT2D eigenvalue weighted by atomic mass is 10.2. The first kappa shape index (κ1) is 14.0. The fourth-order valence-electron chi connectivity index (χ4n) is 1.94. The molecule has 0 fully saturated rings. The third kappa shape index (κ3) is 2.37. The molecule has 0 amide bonds. The lowest BCUT2D eigenvalue weighted by Crippen LogP contribution is -2.04. The zero-order valence-electron chi connectivity index (χ0n) is 10.8. The lowest BCUT2D eigenvalue weighted by molar-refractivity contribution is 0.0691. The highest BCUT2D eigenvalue weighted by atomic mass is 32.2. The standard InChI is InChI=1S/C13H9N3O5S/c17-8-4-6-5(3-7(15-6)12(20)21)11(10(8)19)22-13-14-2-1-9(18)16-13/h1-4,15,17,19H,(H,20,21)(H,14,16,18). The van der Waals surface area contributed by atoms with E-state index in [1.54, 1.807) is 0 Å². The summed E-state index contributed by atoms with van der Waals surface area (Å²) in [5, 5.41) is 29.4. The number of phenols is 2. The van der Waals surface area contributed by atoms with Crippen molar-refractivity contribution in [1.82, 2.24) is 15.0 Å². The molecule has 0 unspecified atom stereocenters. The van der Waals surface area contributed by atoms with E-state index >= 15 is 0 Å². The highest BCUT2D eigenvalue weighted by molar-refractivity contribution is 7.99. The molecule has 0 atom stereocenters. The second-order valence-electron chi connectivity index (χ2n) is 4.36. The third-order valence-electron chi connectivity index (χ3n) is 2.91. The molecule has 3 rings (SSSR count). The molecule has 3 aromatic rings. The van der Waals surface area contributed by atoms with E-state index in [1.165, 1.54) is 24.4 Å². The van der Waals surface area contributed by atoms with Crippen molar-refractivity contribution in [2.75, 3.05) is 0 Å². The molecule has 0 aliphatic carbocycles. The molecule has 112 valence electrons. The van der Waals surface area contributed by atoms with Gasteiger partial charge in [-0.3, -0.25) is 4.79 Å². The van der Waals surface area contributed by atoms with Gasteiger partial charge in [0, 0.05) is 23.7 Å². The summed E-state index contributed by atoms with van der Waals surface area (Å²) in [7, 11) is 0. The van der Waals surface area contributed by atoms with Crippen molar-refractivity contribution in [2.45, 2.75) is 10.1 Å². The van der Waals surface area contributed by atoms with Crippen molar-refractivity contribution in [3.05, 3.63) is 40.4 Å². The highest BCUT2D eigenvalue weighted by Gasteiger charge is 2.18. The minimum absolute atomic E-state index is 0.0867. The predicted octanol–water partition coefficient (Wildman–Crippen LogP) is 1.51. The lowest BCUT2D eigenvalue weighted by Gasteiger charge is -2.07. The number of phenolic OH excluding ortho intramolecular Hbond substituents is 2. The Labute approximate surface area is 126 Å². The number of hydrogen-bond acceptors (Lipinski definition) is 6. The average Bonchev–Trinajstić information content (AvgIpc) is 2.88. The SMILES string of the molecule is O=C(O)c1cc2c(Sc3nccc(=O)[nH]3)c(O)c(O)cc2[nH]1. The molecular weight excluding hydrogens is 310 g/mol. The van der Waals surface area contributed by atoms with Crippen LogP contribution in [-0.2, 0) is 0 Å². The number of aromatic carboxylic acids is 1. The Hall–Kier alpha value is -2.94. The van der Waals surface area contributed by atoms with Gasteiger partial charge >= 0.3 is 5.97 Å². The molecule has 0 bridgehead atoms. The van der Waals surface area contributed by atoms with Crippen molar-refractivity contribution >= 4 is 28.6 Å². The van der Waals surface area contributed by atoms with Gasteiger partial charge in [-0.25, -0.2) is 9.78 Å². The van der Waals surface area contributed by atoms with Crippen LogP contribution in [0.3, 0.4) is 0 Å². The summed E-state index contributed by atoms with van der Waals surface area (Å²) in [6.07, 6.45) is 1.30. The van der Waals surface area contributed by atoms with Gasteiger partial charge in [-0.15, -0.1) is 0 Å². The minimum atomic E-state index is -1.17. The number of benzene rings is 1. The predicted molar refractivity (Wildman–Crippen MR) is 77.6 cm³/mol. The second kappa shape index (κ2) is 5.11. The number of hydrogen-bond donors (Lipinski definition) is 5. The van der Waals surface area contributed by atoms with E-state index in [2.05, 4.69) is 15.0 Å². The molecule has 8 nitrogen and oxygen atoms in total. The summed E-state index contributed by atoms with van der Waals surface area (Å²) in [4.78, 5) is 31.5. The molecule has 2 heterocycles. The van der Waals surface area contributed by atoms with E-state index in [-0.39, 0.29) is 21.3 Å². The summed E-state index contributed by atoms with van der Waals surface area (Å²) in [6.45, 7) is 0. The van der Waals surface area contributed by atoms with Crippen molar-refractivity contribution in [2.24, 2.45) is 0 Å². The first-order valence-electron chi connectivity index (χ1n) is 6.00. The van der Waals surface area contributed by atoms with Gasteiger partial charge in [0.15, 0.2) is 16.7 Å². The van der Waals surface area contributed by atoms with E-state index in [4.69, 9.17) is 5.11 Å². The first-order valence-corrected chi connectivity index (χ1v) is 6.81. The van der Waals surface area contributed by atoms with Crippen LogP contribution in [0.2, 0.25) is 0 Å². The van der Waals surface area contributed by atoms with Gasteiger partial charge in [0.05, 0.1) is 10.4 Å². The summed E-state index contributed by atoms with van der Waals surface area (Å²) in [5.74, 6) is -2.00. The Morgan fingerprint density at radius 1 is 1.23 bits per heavy atom. The summed E-state index contributed by atoms with van der Waals surface area (Å²) >= 11 is 0.907. The molecule has 0 aliphatic heterocycles. The number of carbonyl (C=O) groups is 1. The minimum Gasteiger partial charge on any atom is -0.504 e. The zero-order valence-corrected chi connectivity index (χ0v) is 11.6. The third-order valence-corrected chi connectivity index (χ3v) is 3.93. The van der Waals surface area contributed by atoms with Gasteiger partial charge in [0.25, 0.3) is 5.56 Å². The quantitative estimate of drug-likeness (QED) is 0.364. The molecule has 9 heteroatoms. The van der Waals surface area contributed by atoms with Gasteiger partial charge in [-0.05, 0) is 17.8 Å². The van der Waals surface area contributed by atoms with E-state index in [1.807, 2.05) is 0 Å². The molecular formula is C13H9N3O5S. The Morgan fingerprint density at radius 3 is 2.68 bits per heavy atom. The van der Waals surface area contributed by atoms with Crippen molar-refractivity contribution in [1.29, 1.82) is 0 Å². The first-order chi connectivity index (χ1) is 10.5. The van der Waals surface area contributed by atoms with E-state index in [0.29, 0.717) is 10.9 Å². The van der Waals surface area contributed by atoms with Crippen molar-refractivity contribution < 1.29 is 20.1 Å². The maximum atomic E-state index is 11.3. The zero-order chi connectivity index (χ0) is 15.9. The van der Waals surface area contributed by atoms with Crippen LogP contribution >= 0.6 is 11.8 Å². The smallest absolute Gasteiger partial charge is 0.352 e. The molecule has 0 saturated heterocycles. The Balaban J connectivity index is 2.20. The number of fused-ring (bicyclic) bond motifs is 1. The van der Waals surface area contributed by atoms with Crippen molar-refractivity contribution in [3.8, 4) is 11.5 Å². The van der Waals surface area contributed by atoms with Crippen LogP contribution in [0, 0.1) is 0 Å². The van der Waals surface area contributed by atoms with Gasteiger partial charge in [0.1, 0.15) is 5.69 Å². The van der Waals surface area contributed by atoms with Crippen LogP contribution in [0.4, 0.5) is 0 Å². The van der Waals surface area contributed by atoms with Crippen LogP contribution in [-0.4, -0.2) is 36.2 Å². The Morgan fingerprint density at radius 2 is 2.00 bits per heavy atom. The van der Waals surface area contributed by atoms with Gasteiger partial charge in [0.2, 0.25) is 0 Å². The number of aromatic amines is 2. The van der Waals surface area contributed by atoms with Crippen LogP contribution in [0.25, 0.3) is 10.9 Å². The maximum Gasteiger partial charge on any atom is 0.352 e. The van der Waals surface area contributed by atoms with Crippen molar-refractivity contribution in [3.63, 3.8) is 0 Å². The summed E-state index contributed by atoms with van der Waals surface area (Å²) < 4.78 is 0. The maximum absolute atomic E-state index is 11.3. The molecule has 1 aromatic carbocycles. The number of aromatic hydroxyl groups is 2. The monoisotopic (exact) mass is 319 g/mol. The fraction of sp³-hybridized carbons (Fsp3) is 0. The Kier molecular flexibility index (Phi) is 3.26. The number of H-pyrrole nitrogens is 2. The van der Waals surface area contributed by atoms with Crippen LogP contribution in [0.5, 0.6) is 11.5 Å². The number of nitrogens with zero attached hydrogens (tertiary/aromatic N) is 1. The second-order valence-corrected chi connectivity index (χ2v) is 5.36. The number of rotatable bonds is 3.